The van der Waals surface area contributed by atoms with Gasteiger partial charge in [0.05, 0.1) is 31.5 Å². The predicted molar refractivity (Wildman–Crippen MR) is 133 cm³/mol. The van der Waals surface area contributed by atoms with E-state index in [1.807, 2.05) is 37.3 Å². The van der Waals surface area contributed by atoms with Crippen molar-refractivity contribution in [3.63, 3.8) is 0 Å². The summed E-state index contributed by atoms with van der Waals surface area (Å²) in [6.45, 7) is 6.65. The lowest BCUT2D eigenvalue weighted by Gasteiger charge is -2.27. The number of likely N-dealkylation sites (tertiary alicyclic amines) is 1. The van der Waals surface area contributed by atoms with Gasteiger partial charge in [-0.05, 0) is 68.0 Å². The van der Waals surface area contributed by atoms with Crippen LogP contribution in [0.2, 0.25) is 0 Å². The van der Waals surface area contributed by atoms with Crippen molar-refractivity contribution in [3.8, 4) is 0 Å². The monoisotopic (exact) mass is 485 g/mol. The van der Waals surface area contributed by atoms with Crippen LogP contribution in [0.5, 0.6) is 0 Å². The standard InChI is InChI=1S/C28H36FNO5/c1-4-34-28(33)12-11-22-7-5-6-8-26(22)20(3)35-18-25(32)17-30-16-24(31)15-23(30)13-21-10-9-19(2)27(29)14-21/h5-12,14,20,23-25,31-32H,4,13,15-18H2,1-3H3/t20-,23-,24-,25-/m1/s1. The van der Waals surface area contributed by atoms with Gasteiger partial charge in [-0.3, -0.25) is 4.90 Å². The zero-order chi connectivity index (χ0) is 25.4. The summed E-state index contributed by atoms with van der Waals surface area (Å²) in [6, 6.07) is 12.9. The van der Waals surface area contributed by atoms with Crippen LogP contribution < -0.4 is 0 Å². The van der Waals surface area contributed by atoms with E-state index < -0.39 is 18.2 Å². The summed E-state index contributed by atoms with van der Waals surface area (Å²) in [4.78, 5) is 13.7. The lowest BCUT2D eigenvalue weighted by molar-refractivity contribution is -0.137. The summed E-state index contributed by atoms with van der Waals surface area (Å²) in [5, 5.41) is 20.9. The van der Waals surface area contributed by atoms with Crippen LogP contribution in [0.3, 0.4) is 0 Å². The fraction of sp³-hybridized carbons (Fsp3) is 0.464. The Labute approximate surface area is 207 Å². The SMILES string of the molecule is CCOC(=O)C=Cc1ccccc1[C@@H](C)OC[C@H](O)CN1C[C@H](O)C[C@H]1Cc1ccc(C)c(F)c1. The molecule has 6 nitrogen and oxygen atoms in total. The molecule has 0 aromatic heterocycles. The van der Waals surface area contributed by atoms with Crippen LogP contribution in [0.4, 0.5) is 4.39 Å². The first-order valence-corrected chi connectivity index (χ1v) is 12.2. The molecule has 3 rings (SSSR count). The molecule has 0 bridgehead atoms. The number of halogens is 1. The van der Waals surface area contributed by atoms with E-state index in [2.05, 4.69) is 4.90 Å². The van der Waals surface area contributed by atoms with E-state index in [0.717, 1.165) is 16.7 Å². The topological polar surface area (TPSA) is 79.2 Å². The minimum atomic E-state index is -0.748. The third-order valence-electron chi connectivity index (χ3n) is 6.32. The van der Waals surface area contributed by atoms with Gasteiger partial charge in [0, 0.05) is 25.2 Å². The average molecular weight is 486 g/mol. The highest BCUT2D eigenvalue weighted by molar-refractivity contribution is 5.87. The van der Waals surface area contributed by atoms with Gasteiger partial charge in [-0.2, -0.15) is 0 Å². The van der Waals surface area contributed by atoms with E-state index in [9.17, 15) is 19.4 Å². The molecule has 2 N–H and O–H groups in total. The maximum atomic E-state index is 14.0. The van der Waals surface area contributed by atoms with Crippen molar-refractivity contribution in [1.82, 2.24) is 4.90 Å². The zero-order valence-electron chi connectivity index (χ0n) is 20.7. The highest BCUT2D eigenvalue weighted by Gasteiger charge is 2.32. The first kappa shape index (κ1) is 27.0. The maximum absolute atomic E-state index is 14.0. The first-order chi connectivity index (χ1) is 16.8. The normalized spacial score (nSPS) is 20.3. The van der Waals surface area contributed by atoms with Crippen LogP contribution in [0, 0.1) is 12.7 Å². The lowest BCUT2D eigenvalue weighted by Crippen LogP contribution is -2.39. The Hall–Kier alpha value is -2.58. The Morgan fingerprint density at radius 2 is 2.06 bits per heavy atom. The van der Waals surface area contributed by atoms with Crippen LogP contribution in [-0.4, -0.2) is 65.6 Å². The number of hydrogen-bond donors (Lipinski definition) is 2. The fourth-order valence-electron chi connectivity index (χ4n) is 4.48. The molecule has 1 fully saturated rings. The molecule has 190 valence electrons. The molecule has 0 amide bonds. The second-order valence-corrected chi connectivity index (χ2v) is 9.13. The molecule has 4 atom stereocenters. The average Bonchev–Trinajstić information content (AvgIpc) is 3.17. The molecule has 0 unspecified atom stereocenters. The van der Waals surface area contributed by atoms with E-state index in [4.69, 9.17) is 9.47 Å². The second-order valence-electron chi connectivity index (χ2n) is 9.13. The Morgan fingerprint density at radius 1 is 1.29 bits per heavy atom. The van der Waals surface area contributed by atoms with Gasteiger partial charge in [-0.15, -0.1) is 0 Å². The summed E-state index contributed by atoms with van der Waals surface area (Å²) in [5.41, 5.74) is 3.23. The van der Waals surface area contributed by atoms with Gasteiger partial charge >= 0.3 is 5.97 Å². The van der Waals surface area contributed by atoms with Gasteiger partial charge in [0.2, 0.25) is 0 Å². The predicted octanol–water partition coefficient (Wildman–Crippen LogP) is 3.83. The van der Waals surface area contributed by atoms with Gasteiger partial charge in [0.1, 0.15) is 5.82 Å². The van der Waals surface area contributed by atoms with Crippen LogP contribution in [0.25, 0.3) is 6.08 Å². The van der Waals surface area contributed by atoms with Gasteiger partial charge in [-0.1, -0.05) is 36.4 Å². The van der Waals surface area contributed by atoms with Crippen LogP contribution in [0.1, 0.15) is 48.6 Å². The molecule has 1 aliphatic heterocycles. The number of carbonyl (C=O) groups excluding carboxylic acids is 1. The number of esters is 1. The van der Waals surface area contributed by atoms with Crippen molar-refractivity contribution in [2.45, 2.75) is 58.0 Å². The van der Waals surface area contributed by atoms with E-state index in [0.29, 0.717) is 38.1 Å². The number of aliphatic hydroxyl groups is 2. The number of aliphatic hydroxyl groups excluding tert-OH is 2. The molecular formula is C28H36FNO5. The molecule has 0 aliphatic carbocycles. The van der Waals surface area contributed by atoms with E-state index in [-0.39, 0.29) is 24.6 Å². The number of β-amino-alcohol motifs (C(OH)–C–C–N with tert-alkyl or cyclic N) is 2. The second kappa shape index (κ2) is 12.9. The number of benzene rings is 2. The molecule has 0 radical (unpaired) electrons. The van der Waals surface area contributed by atoms with E-state index >= 15 is 0 Å². The molecule has 0 spiro atoms. The molecule has 0 saturated carbocycles. The minimum Gasteiger partial charge on any atom is -0.463 e. The molecule has 35 heavy (non-hydrogen) atoms. The molecule has 1 aliphatic rings. The fourth-order valence-corrected chi connectivity index (χ4v) is 4.48. The Morgan fingerprint density at radius 3 is 2.80 bits per heavy atom. The number of rotatable bonds is 11. The summed E-state index contributed by atoms with van der Waals surface area (Å²) in [6.07, 6.45) is 2.76. The van der Waals surface area contributed by atoms with Crippen molar-refractivity contribution in [3.05, 3.63) is 76.6 Å². The Kier molecular flexibility index (Phi) is 9.98. The van der Waals surface area contributed by atoms with Crippen molar-refractivity contribution >= 4 is 12.0 Å². The highest BCUT2D eigenvalue weighted by atomic mass is 19.1. The maximum Gasteiger partial charge on any atom is 0.330 e. The van der Waals surface area contributed by atoms with Crippen LogP contribution in [-0.2, 0) is 20.7 Å². The number of hydrogen-bond acceptors (Lipinski definition) is 6. The summed E-state index contributed by atoms with van der Waals surface area (Å²) in [7, 11) is 0. The smallest absolute Gasteiger partial charge is 0.330 e. The van der Waals surface area contributed by atoms with Gasteiger partial charge in [-0.25, -0.2) is 9.18 Å². The Balaban J connectivity index is 1.56. The Bertz CT molecular complexity index is 1010. The molecule has 2 aromatic carbocycles. The molecule has 1 heterocycles. The summed E-state index contributed by atoms with van der Waals surface area (Å²) >= 11 is 0. The van der Waals surface area contributed by atoms with Gasteiger partial charge in [0.25, 0.3) is 0 Å². The zero-order valence-corrected chi connectivity index (χ0v) is 20.7. The number of nitrogens with zero attached hydrogens (tertiary/aromatic N) is 1. The van der Waals surface area contributed by atoms with E-state index in [1.54, 1.807) is 32.1 Å². The quantitative estimate of drug-likeness (QED) is 0.372. The largest absolute Gasteiger partial charge is 0.463 e. The van der Waals surface area contributed by atoms with Crippen molar-refractivity contribution in [2.24, 2.45) is 0 Å². The molecular weight excluding hydrogens is 449 g/mol. The van der Waals surface area contributed by atoms with Crippen molar-refractivity contribution in [2.75, 3.05) is 26.3 Å². The highest BCUT2D eigenvalue weighted by Crippen LogP contribution is 2.25. The number of aryl methyl sites for hydroxylation is 1. The summed E-state index contributed by atoms with van der Waals surface area (Å²) < 4.78 is 24.9. The molecule has 1 saturated heterocycles. The summed E-state index contributed by atoms with van der Waals surface area (Å²) in [5.74, 6) is -0.630. The lowest BCUT2D eigenvalue weighted by atomic mass is 10.0. The van der Waals surface area contributed by atoms with Crippen molar-refractivity contribution in [1.29, 1.82) is 0 Å². The van der Waals surface area contributed by atoms with Gasteiger partial charge in [0.15, 0.2) is 0 Å². The van der Waals surface area contributed by atoms with Gasteiger partial charge < -0.3 is 19.7 Å². The van der Waals surface area contributed by atoms with Crippen LogP contribution >= 0.6 is 0 Å². The third-order valence-corrected chi connectivity index (χ3v) is 6.32. The van der Waals surface area contributed by atoms with Crippen LogP contribution in [0.15, 0.2) is 48.5 Å². The minimum absolute atomic E-state index is 0.0212. The number of ether oxygens (including phenoxy) is 2. The van der Waals surface area contributed by atoms with E-state index in [1.165, 1.54) is 6.08 Å². The number of carbonyl (C=O) groups is 1. The third kappa shape index (κ3) is 7.97. The molecule has 2 aromatic rings. The first-order valence-electron chi connectivity index (χ1n) is 12.2. The molecule has 7 heteroatoms. The van der Waals surface area contributed by atoms with Crippen molar-refractivity contribution < 1.29 is 28.9 Å².